The van der Waals surface area contributed by atoms with Gasteiger partial charge in [0.15, 0.2) is 0 Å². The van der Waals surface area contributed by atoms with Crippen LogP contribution in [-0.2, 0) is 4.74 Å². The molecule has 1 amide bonds. The number of benzene rings is 1. The molecule has 1 saturated heterocycles. The van der Waals surface area contributed by atoms with Crippen LogP contribution < -0.4 is 5.32 Å². The molecule has 140 valence electrons. The van der Waals surface area contributed by atoms with Crippen molar-refractivity contribution >= 4 is 38.9 Å². The lowest BCUT2D eigenvalue weighted by Crippen LogP contribution is -2.44. The molecule has 0 bridgehead atoms. The first-order valence-electron chi connectivity index (χ1n) is 8.58. The van der Waals surface area contributed by atoms with Crippen LogP contribution in [0, 0.1) is 5.82 Å². The van der Waals surface area contributed by atoms with Gasteiger partial charge >= 0.3 is 6.09 Å². The van der Waals surface area contributed by atoms with Crippen LogP contribution in [0.4, 0.5) is 15.1 Å². The van der Waals surface area contributed by atoms with Gasteiger partial charge in [0.25, 0.3) is 0 Å². The van der Waals surface area contributed by atoms with Crippen LogP contribution >= 0.6 is 15.9 Å². The summed E-state index contributed by atoms with van der Waals surface area (Å²) in [4.78, 5) is 22.4. The minimum absolute atomic E-state index is 0.159. The SMILES string of the molecule is CC(C)(C)OC(=O)N1CCC(Nc2ncc3c(F)c(Br)ccc3n2)CC1. The summed E-state index contributed by atoms with van der Waals surface area (Å²) in [5.41, 5.74) is 0.0597. The van der Waals surface area contributed by atoms with Crippen molar-refractivity contribution in [2.75, 3.05) is 18.4 Å². The number of aromatic nitrogens is 2. The zero-order valence-electron chi connectivity index (χ0n) is 15.1. The van der Waals surface area contributed by atoms with Crippen LogP contribution in [0.25, 0.3) is 10.9 Å². The topological polar surface area (TPSA) is 67.3 Å². The van der Waals surface area contributed by atoms with Gasteiger partial charge < -0.3 is 15.0 Å². The predicted molar refractivity (Wildman–Crippen MR) is 102 cm³/mol. The molecule has 0 unspecified atom stereocenters. The highest BCUT2D eigenvalue weighted by Gasteiger charge is 2.27. The van der Waals surface area contributed by atoms with Crippen LogP contribution in [0.3, 0.4) is 0 Å². The molecular weight excluding hydrogens is 403 g/mol. The molecule has 1 N–H and O–H groups in total. The summed E-state index contributed by atoms with van der Waals surface area (Å²) >= 11 is 3.16. The summed E-state index contributed by atoms with van der Waals surface area (Å²) in [5.74, 6) is 0.106. The Bertz CT molecular complexity index is 817. The molecule has 1 aliphatic heterocycles. The van der Waals surface area contributed by atoms with Crippen molar-refractivity contribution in [1.29, 1.82) is 0 Å². The number of halogens is 2. The molecule has 26 heavy (non-hydrogen) atoms. The number of piperidine rings is 1. The van der Waals surface area contributed by atoms with Crippen molar-refractivity contribution in [3.63, 3.8) is 0 Å². The van der Waals surface area contributed by atoms with Crippen LogP contribution in [-0.4, -0.2) is 45.7 Å². The average Bonchev–Trinajstić information content (AvgIpc) is 2.57. The maximum atomic E-state index is 14.0. The quantitative estimate of drug-likeness (QED) is 0.776. The molecule has 1 aromatic heterocycles. The Morgan fingerprint density at radius 1 is 1.35 bits per heavy atom. The van der Waals surface area contributed by atoms with Crippen molar-refractivity contribution in [1.82, 2.24) is 14.9 Å². The minimum atomic E-state index is -0.491. The molecule has 0 aliphatic carbocycles. The molecule has 0 radical (unpaired) electrons. The number of nitrogens with zero attached hydrogens (tertiary/aromatic N) is 3. The Labute approximate surface area is 160 Å². The van der Waals surface area contributed by atoms with Crippen molar-refractivity contribution in [2.24, 2.45) is 0 Å². The van der Waals surface area contributed by atoms with Crippen molar-refractivity contribution in [3.05, 3.63) is 28.6 Å². The van der Waals surface area contributed by atoms with Gasteiger partial charge in [0.05, 0.1) is 15.4 Å². The zero-order valence-corrected chi connectivity index (χ0v) is 16.6. The van der Waals surface area contributed by atoms with E-state index in [0.29, 0.717) is 34.4 Å². The highest BCUT2D eigenvalue weighted by atomic mass is 79.9. The molecule has 6 nitrogen and oxygen atoms in total. The third-order valence-corrected chi connectivity index (χ3v) is 4.74. The average molecular weight is 425 g/mol. The van der Waals surface area contributed by atoms with Gasteiger partial charge in [0.2, 0.25) is 5.95 Å². The van der Waals surface area contributed by atoms with E-state index in [1.54, 1.807) is 17.0 Å². The van der Waals surface area contributed by atoms with Crippen LogP contribution in [0.15, 0.2) is 22.8 Å². The van der Waals surface area contributed by atoms with Crippen LogP contribution in [0.2, 0.25) is 0 Å². The Morgan fingerprint density at radius 2 is 2.04 bits per heavy atom. The van der Waals surface area contributed by atoms with E-state index in [1.807, 2.05) is 20.8 Å². The second kappa shape index (κ2) is 7.34. The number of fused-ring (bicyclic) bond motifs is 1. The second-order valence-electron chi connectivity index (χ2n) is 7.37. The molecule has 1 aromatic carbocycles. The number of rotatable bonds is 2. The fraction of sp³-hybridized carbons (Fsp3) is 0.500. The number of likely N-dealkylation sites (tertiary alicyclic amines) is 1. The Hall–Kier alpha value is -1.96. The molecule has 2 heterocycles. The molecular formula is C18H22BrFN4O2. The van der Waals surface area contributed by atoms with E-state index in [-0.39, 0.29) is 18.0 Å². The largest absolute Gasteiger partial charge is 0.444 e. The number of hydrogen-bond donors (Lipinski definition) is 1. The fourth-order valence-corrected chi connectivity index (χ4v) is 3.18. The number of nitrogens with one attached hydrogen (secondary N) is 1. The third kappa shape index (κ3) is 4.41. The van der Waals surface area contributed by atoms with E-state index in [2.05, 4.69) is 31.2 Å². The normalized spacial score (nSPS) is 16.0. The Morgan fingerprint density at radius 3 is 2.69 bits per heavy atom. The number of anilines is 1. The Balaban J connectivity index is 1.60. The maximum absolute atomic E-state index is 14.0. The molecule has 1 fully saturated rings. The van der Waals surface area contributed by atoms with Crippen molar-refractivity contribution in [2.45, 2.75) is 45.3 Å². The molecule has 1 aliphatic rings. The van der Waals surface area contributed by atoms with E-state index >= 15 is 0 Å². The van der Waals surface area contributed by atoms with Gasteiger partial charge in [-0.25, -0.2) is 19.2 Å². The van der Waals surface area contributed by atoms with Gasteiger partial charge in [-0.15, -0.1) is 0 Å². The number of amides is 1. The summed E-state index contributed by atoms with van der Waals surface area (Å²) < 4.78 is 19.8. The first-order chi connectivity index (χ1) is 12.2. The Kier molecular flexibility index (Phi) is 5.32. The molecule has 2 aromatic rings. The van der Waals surface area contributed by atoms with E-state index in [0.717, 1.165) is 12.8 Å². The lowest BCUT2D eigenvalue weighted by molar-refractivity contribution is 0.0210. The smallest absolute Gasteiger partial charge is 0.410 e. The predicted octanol–water partition coefficient (Wildman–Crippen LogP) is 4.34. The first-order valence-corrected chi connectivity index (χ1v) is 9.37. The van der Waals surface area contributed by atoms with Crippen molar-refractivity contribution < 1.29 is 13.9 Å². The number of carbonyl (C=O) groups excluding carboxylic acids is 1. The summed E-state index contributed by atoms with van der Waals surface area (Å²) in [5, 5.41) is 3.66. The van der Waals surface area contributed by atoms with Crippen LogP contribution in [0.5, 0.6) is 0 Å². The van der Waals surface area contributed by atoms with E-state index < -0.39 is 5.60 Å². The van der Waals surface area contributed by atoms with E-state index in [1.165, 1.54) is 6.20 Å². The van der Waals surface area contributed by atoms with Gasteiger partial charge in [-0.05, 0) is 61.7 Å². The monoisotopic (exact) mass is 424 g/mol. The summed E-state index contributed by atoms with van der Waals surface area (Å²) in [6, 6.07) is 3.54. The molecule has 0 atom stereocenters. The van der Waals surface area contributed by atoms with Gasteiger partial charge in [0.1, 0.15) is 11.4 Å². The minimum Gasteiger partial charge on any atom is -0.444 e. The van der Waals surface area contributed by atoms with Crippen LogP contribution in [0.1, 0.15) is 33.6 Å². The zero-order chi connectivity index (χ0) is 18.9. The lowest BCUT2D eigenvalue weighted by atomic mass is 10.1. The molecule has 3 rings (SSSR count). The first kappa shape index (κ1) is 18.8. The summed E-state index contributed by atoms with van der Waals surface area (Å²) in [6.45, 7) is 6.80. The highest BCUT2D eigenvalue weighted by molar-refractivity contribution is 9.10. The molecule has 0 spiro atoms. The number of ether oxygens (including phenoxy) is 1. The van der Waals surface area contributed by atoms with Gasteiger partial charge in [-0.3, -0.25) is 0 Å². The standard InChI is InChI=1S/C18H22BrFN4O2/c1-18(2,3)26-17(25)24-8-6-11(7-9-24)22-16-21-10-12-14(23-16)5-4-13(19)15(12)20/h4-5,10-11H,6-9H2,1-3H3,(H,21,22,23). The van der Waals surface area contributed by atoms with Gasteiger partial charge in [-0.2, -0.15) is 0 Å². The fourth-order valence-electron chi connectivity index (χ4n) is 2.83. The van der Waals surface area contributed by atoms with Gasteiger partial charge in [-0.1, -0.05) is 0 Å². The second-order valence-corrected chi connectivity index (χ2v) is 8.23. The van der Waals surface area contributed by atoms with Gasteiger partial charge in [0, 0.05) is 25.3 Å². The number of hydrogen-bond acceptors (Lipinski definition) is 5. The van der Waals surface area contributed by atoms with E-state index in [4.69, 9.17) is 4.74 Å². The molecule has 0 saturated carbocycles. The maximum Gasteiger partial charge on any atom is 0.410 e. The lowest BCUT2D eigenvalue weighted by Gasteiger charge is -2.33. The summed E-state index contributed by atoms with van der Waals surface area (Å²) in [7, 11) is 0. The van der Waals surface area contributed by atoms with Crippen molar-refractivity contribution in [3.8, 4) is 0 Å². The number of carbonyl (C=O) groups is 1. The van der Waals surface area contributed by atoms with E-state index in [9.17, 15) is 9.18 Å². The molecule has 8 heteroatoms. The highest BCUT2D eigenvalue weighted by Crippen LogP contribution is 2.24. The third-order valence-electron chi connectivity index (χ3n) is 4.13. The summed E-state index contributed by atoms with van der Waals surface area (Å²) in [6.07, 6.45) is 2.75.